The number of thioether (sulfide) groups is 1. The van der Waals surface area contributed by atoms with Crippen molar-refractivity contribution in [2.24, 2.45) is 11.7 Å². The molecule has 1 atom stereocenters. The van der Waals surface area contributed by atoms with Gasteiger partial charge in [-0.2, -0.15) is 0 Å². The molecule has 0 radical (unpaired) electrons. The van der Waals surface area contributed by atoms with Crippen LogP contribution in [0.5, 0.6) is 0 Å². The number of amides is 2. The first kappa shape index (κ1) is 18.3. The highest BCUT2D eigenvalue weighted by molar-refractivity contribution is 8.00. The number of carbonyl (C=O) groups excluding carboxylic acids is 3. The van der Waals surface area contributed by atoms with E-state index in [9.17, 15) is 14.4 Å². The predicted molar refractivity (Wildman–Crippen MR) is 91.2 cm³/mol. The molecule has 2 N–H and O–H groups in total. The van der Waals surface area contributed by atoms with Gasteiger partial charge in [0.2, 0.25) is 5.91 Å². The molecule has 24 heavy (non-hydrogen) atoms. The fourth-order valence-corrected chi connectivity index (χ4v) is 3.39. The van der Waals surface area contributed by atoms with Crippen molar-refractivity contribution in [1.29, 1.82) is 0 Å². The van der Waals surface area contributed by atoms with Crippen LogP contribution in [0.2, 0.25) is 0 Å². The molecule has 1 heterocycles. The molecule has 0 unspecified atom stereocenters. The van der Waals surface area contributed by atoms with Crippen molar-refractivity contribution in [2.45, 2.75) is 29.9 Å². The van der Waals surface area contributed by atoms with Gasteiger partial charge in [0.1, 0.15) is 5.25 Å². The zero-order chi connectivity index (χ0) is 17.5. The molecular weight excluding hydrogens is 328 g/mol. The third-order valence-corrected chi connectivity index (χ3v) is 5.07. The maximum atomic E-state index is 12.1. The van der Waals surface area contributed by atoms with Crippen LogP contribution in [0.3, 0.4) is 0 Å². The highest BCUT2D eigenvalue weighted by atomic mass is 32.2. The van der Waals surface area contributed by atoms with Crippen molar-refractivity contribution in [3.63, 3.8) is 0 Å². The van der Waals surface area contributed by atoms with Crippen LogP contribution in [-0.4, -0.2) is 47.6 Å². The minimum absolute atomic E-state index is 0.168. The molecule has 1 fully saturated rings. The van der Waals surface area contributed by atoms with Crippen LogP contribution >= 0.6 is 11.8 Å². The second kappa shape index (κ2) is 8.73. The Morgan fingerprint density at radius 3 is 2.46 bits per heavy atom. The quantitative estimate of drug-likeness (QED) is 0.619. The number of esters is 1. The minimum Gasteiger partial charge on any atom is -0.455 e. The van der Waals surface area contributed by atoms with Gasteiger partial charge < -0.3 is 15.4 Å². The Kier molecular flexibility index (Phi) is 6.66. The van der Waals surface area contributed by atoms with Gasteiger partial charge >= 0.3 is 5.97 Å². The Hall–Kier alpha value is -2.02. The molecule has 7 heteroatoms. The van der Waals surface area contributed by atoms with E-state index in [1.165, 1.54) is 11.8 Å². The van der Waals surface area contributed by atoms with Gasteiger partial charge in [-0.3, -0.25) is 14.4 Å². The molecule has 1 aliphatic heterocycles. The Balaban J connectivity index is 1.73. The Morgan fingerprint density at radius 2 is 1.88 bits per heavy atom. The smallest absolute Gasteiger partial charge is 0.319 e. The fraction of sp³-hybridized carbons (Fsp3) is 0.471. The summed E-state index contributed by atoms with van der Waals surface area (Å²) in [5.74, 6) is -1.13. The monoisotopic (exact) mass is 350 g/mol. The number of nitrogens with zero attached hydrogens (tertiary/aromatic N) is 1. The molecule has 0 bridgehead atoms. The number of ether oxygens (including phenoxy) is 1. The second-order valence-electron chi connectivity index (χ2n) is 5.74. The van der Waals surface area contributed by atoms with Crippen LogP contribution in [0.4, 0.5) is 0 Å². The van der Waals surface area contributed by atoms with E-state index in [1.54, 1.807) is 11.8 Å². The van der Waals surface area contributed by atoms with E-state index in [-0.39, 0.29) is 29.6 Å². The number of likely N-dealkylation sites (tertiary alicyclic amines) is 1. The van der Waals surface area contributed by atoms with Crippen LogP contribution in [-0.2, 0) is 19.1 Å². The molecular formula is C17H22N2O4S. The van der Waals surface area contributed by atoms with Crippen molar-refractivity contribution in [1.82, 2.24) is 4.90 Å². The lowest BCUT2D eigenvalue weighted by Gasteiger charge is -2.30. The summed E-state index contributed by atoms with van der Waals surface area (Å²) in [7, 11) is 0. The van der Waals surface area contributed by atoms with Crippen LogP contribution < -0.4 is 5.73 Å². The summed E-state index contributed by atoms with van der Waals surface area (Å²) < 4.78 is 5.12. The van der Waals surface area contributed by atoms with Crippen LogP contribution in [0.1, 0.15) is 19.8 Å². The molecule has 0 aliphatic carbocycles. The molecule has 130 valence electrons. The van der Waals surface area contributed by atoms with E-state index in [0.29, 0.717) is 25.9 Å². The van der Waals surface area contributed by atoms with Crippen LogP contribution in [0.25, 0.3) is 0 Å². The van der Waals surface area contributed by atoms with E-state index >= 15 is 0 Å². The lowest BCUT2D eigenvalue weighted by molar-refractivity contribution is -0.152. The highest BCUT2D eigenvalue weighted by Gasteiger charge is 2.26. The van der Waals surface area contributed by atoms with Gasteiger partial charge in [0.15, 0.2) is 6.61 Å². The van der Waals surface area contributed by atoms with Gasteiger partial charge in [0, 0.05) is 23.9 Å². The molecule has 0 spiro atoms. The molecule has 2 rings (SSSR count). The normalized spacial score (nSPS) is 16.5. The van der Waals surface area contributed by atoms with E-state index < -0.39 is 5.97 Å². The number of rotatable bonds is 6. The molecule has 1 saturated heterocycles. The average molecular weight is 350 g/mol. The standard InChI is InChI=1S/C17H22N2O4S/c1-12(24-14-5-3-2-4-6-14)17(22)23-11-15(20)19-9-7-13(8-10-19)16(18)21/h2-6,12-13H,7-11H2,1H3,(H2,18,21)/t12-/m0/s1. The number of carbonyl (C=O) groups is 3. The first-order valence-corrected chi connectivity index (χ1v) is 8.80. The maximum Gasteiger partial charge on any atom is 0.319 e. The fourth-order valence-electron chi connectivity index (χ4n) is 2.51. The summed E-state index contributed by atoms with van der Waals surface area (Å²) in [5, 5.41) is -0.388. The van der Waals surface area contributed by atoms with Gasteiger partial charge in [-0.05, 0) is 31.9 Å². The lowest BCUT2D eigenvalue weighted by atomic mass is 9.96. The van der Waals surface area contributed by atoms with Crippen molar-refractivity contribution >= 4 is 29.5 Å². The SMILES string of the molecule is C[C@H](Sc1ccccc1)C(=O)OCC(=O)N1CCC(C(N)=O)CC1. The molecule has 0 aromatic heterocycles. The van der Waals surface area contributed by atoms with Crippen molar-refractivity contribution in [3.05, 3.63) is 30.3 Å². The van der Waals surface area contributed by atoms with Gasteiger partial charge in [-0.25, -0.2) is 0 Å². The van der Waals surface area contributed by atoms with Crippen molar-refractivity contribution < 1.29 is 19.1 Å². The summed E-state index contributed by atoms with van der Waals surface area (Å²) in [6.45, 7) is 2.43. The molecule has 0 saturated carbocycles. The zero-order valence-electron chi connectivity index (χ0n) is 13.6. The summed E-state index contributed by atoms with van der Waals surface area (Å²) in [5.41, 5.74) is 5.27. The second-order valence-corrected chi connectivity index (χ2v) is 7.15. The van der Waals surface area contributed by atoms with Gasteiger partial charge in [-0.15, -0.1) is 11.8 Å². The number of benzene rings is 1. The van der Waals surface area contributed by atoms with E-state index in [1.807, 2.05) is 30.3 Å². The molecule has 2 amide bonds. The number of hydrogen-bond acceptors (Lipinski definition) is 5. The largest absolute Gasteiger partial charge is 0.455 e. The summed E-state index contributed by atoms with van der Waals surface area (Å²) in [6, 6.07) is 9.55. The number of nitrogens with two attached hydrogens (primary N) is 1. The Morgan fingerprint density at radius 1 is 1.25 bits per heavy atom. The number of hydrogen-bond donors (Lipinski definition) is 1. The summed E-state index contributed by atoms with van der Waals surface area (Å²) >= 11 is 1.39. The molecule has 1 aliphatic rings. The van der Waals surface area contributed by atoms with E-state index in [0.717, 1.165) is 4.90 Å². The van der Waals surface area contributed by atoms with Gasteiger partial charge in [0.05, 0.1) is 0 Å². The lowest BCUT2D eigenvalue weighted by Crippen LogP contribution is -2.43. The first-order chi connectivity index (χ1) is 11.5. The maximum absolute atomic E-state index is 12.1. The minimum atomic E-state index is -0.413. The third kappa shape index (κ3) is 5.26. The third-order valence-electron chi connectivity index (χ3n) is 3.98. The predicted octanol–water partition coefficient (Wildman–Crippen LogP) is 1.43. The van der Waals surface area contributed by atoms with Crippen molar-refractivity contribution in [3.8, 4) is 0 Å². The average Bonchev–Trinajstić information content (AvgIpc) is 2.60. The Bertz CT molecular complexity index is 586. The van der Waals surface area contributed by atoms with Gasteiger partial charge in [0.25, 0.3) is 5.91 Å². The topological polar surface area (TPSA) is 89.7 Å². The number of piperidine rings is 1. The first-order valence-electron chi connectivity index (χ1n) is 7.93. The van der Waals surface area contributed by atoms with Crippen LogP contribution in [0, 0.1) is 5.92 Å². The summed E-state index contributed by atoms with van der Waals surface area (Å²) in [6.07, 6.45) is 1.13. The highest BCUT2D eigenvalue weighted by Crippen LogP contribution is 2.23. The number of primary amides is 1. The summed E-state index contributed by atoms with van der Waals surface area (Å²) in [4.78, 5) is 37.8. The van der Waals surface area contributed by atoms with E-state index in [4.69, 9.17) is 10.5 Å². The molecule has 6 nitrogen and oxygen atoms in total. The Labute approximate surface area is 145 Å². The van der Waals surface area contributed by atoms with Gasteiger partial charge in [-0.1, -0.05) is 18.2 Å². The molecule has 1 aromatic carbocycles. The van der Waals surface area contributed by atoms with E-state index in [2.05, 4.69) is 0 Å². The molecule has 1 aromatic rings. The zero-order valence-corrected chi connectivity index (χ0v) is 14.5. The van der Waals surface area contributed by atoms with Crippen LogP contribution in [0.15, 0.2) is 35.2 Å². The van der Waals surface area contributed by atoms with Crippen molar-refractivity contribution in [2.75, 3.05) is 19.7 Å².